The van der Waals surface area contributed by atoms with Gasteiger partial charge in [0.2, 0.25) is 0 Å². The van der Waals surface area contributed by atoms with Crippen LogP contribution in [0.3, 0.4) is 0 Å². The Morgan fingerprint density at radius 1 is 1.24 bits per heavy atom. The van der Waals surface area contributed by atoms with Crippen molar-refractivity contribution < 1.29 is 14.6 Å². The number of nitrogens with one attached hydrogen (secondary N) is 1. The van der Waals surface area contributed by atoms with Crippen molar-refractivity contribution in [1.82, 2.24) is 5.32 Å². The molecule has 0 aromatic heterocycles. The maximum atomic E-state index is 9.62. The third kappa shape index (κ3) is 4.35. The average molecular weight is 293 g/mol. The zero-order chi connectivity index (χ0) is 15.1. The Balaban J connectivity index is 1.88. The van der Waals surface area contributed by atoms with E-state index < -0.39 is 0 Å². The van der Waals surface area contributed by atoms with E-state index in [0.717, 1.165) is 50.3 Å². The van der Waals surface area contributed by atoms with Crippen molar-refractivity contribution in [3.8, 4) is 11.5 Å². The molecule has 118 valence electrons. The van der Waals surface area contributed by atoms with Crippen molar-refractivity contribution in [2.24, 2.45) is 0 Å². The van der Waals surface area contributed by atoms with Gasteiger partial charge in [0.25, 0.3) is 0 Å². The van der Waals surface area contributed by atoms with Crippen LogP contribution in [-0.2, 0) is 0 Å². The largest absolute Gasteiger partial charge is 0.494 e. The molecule has 2 rings (SSSR count). The Morgan fingerprint density at radius 2 is 1.95 bits per heavy atom. The van der Waals surface area contributed by atoms with E-state index in [-0.39, 0.29) is 18.2 Å². The van der Waals surface area contributed by atoms with Crippen LogP contribution in [0.25, 0.3) is 0 Å². The van der Waals surface area contributed by atoms with Crippen LogP contribution in [0.15, 0.2) is 24.3 Å². The summed E-state index contributed by atoms with van der Waals surface area (Å²) < 4.78 is 11.6. The fraction of sp³-hybridized carbons (Fsp3) is 0.647. The maximum absolute atomic E-state index is 9.62. The molecule has 0 heterocycles. The first-order valence-electron chi connectivity index (χ1n) is 7.97. The predicted octanol–water partition coefficient (Wildman–Crippen LogP) is 2.75. The Kier molecular flexibility index (Phi) is 5.88. The van der Waals surface area contributed by atoms with Gasteiger partial charge >= 0.3 is 0 Å². The summed E-state index contributed by atoms with van der Waals surface area (Å²) in [6, 6.07) is 7.81. The van der Waals surface area contributed by atoms with Gasteiger partial charge in [-0.25, -0.2) is 0 Å². The van der Waals surface area contributed by atoms with E-state index >= 15 is 0 Å². The lowest BCUT2D eigenvalue weighted by atomic mass is 9.99. The van der Waals surface area contributed by atoms with Gasteiger partial charge in [-0.15, -0.1) is 0 Å². The number of benzene rings is 1. The van der Waals surface area contributed by atoms with Crippen molar-refractivity contribution in [3.05, 3.63) is 24.3 Å². The van der Waals surface area contributed by atoms with Gasteiger partial charge in [-0.2, -0.15) is 0 Å². The van der Waals surface area contributed by atoms with E-state index in [1.807, 2.05) is 24.3 Å². The fourth-order valence-corrected chi connectivity index (χ4v) is 2.94. The molecular weight excluding hydrogens is 266 g/mol. The monoisotopic (exact) mass is 293 g/mol. The van der Waals surface area contributed by atoms with Crippen molar-refractivity contribution in [1.29, 1.82) is 0 Å². The number of hydrogen-bond donors (Lipinski definition) is 2. The van der Waals surface area contributed by atoms with E-state index in [1.54, 1.807) is 0 Å². The minimum atomic E-state index is -0.163. The van der Waals surface area contributed by atoms with Gasteiger partial charge in [0.1, 0.15) is 17.6 Å². The average Bonchev–Trinajstić information content (AvgIpc) is 2.90. The molecule has 2 N–H and O–H groups in total. The van der Waals surface area contributed by atoms with Crippen LogP contribution in [0.1, 0.15) is 39.5 Å². The summed E-state index contributed by atoms with van der Waals surface area (Å²) >= 11 is 0. The molecule has 1 aromatic carbocycles. The lowest BCUT2D eigenvalue weighted by Gasteiger charge is -2.27. The quantitative estimate of drug-likeness (QED) is 0.774. The second-order valence-corrected chi connectivity index (χ2v) is 5.77. The Hall–Kier alpha value is -1.26. The molecule has 1 fully saturated rings. The normalized spacial score (nSPS) is 25.0. The third-order valence-corrected chi connectivity index (χ3v) is 4.02. The number of rotatable bonds is 8. The third-order valence-electron chi connectivity index (χ3n) is 4.02. The zero-order valence-corrected chi connectivity index (χ0v) is 13.1. The summed E-state index contributed by atoms with van der Waals surface area (Å²) in [6.45, 7) is 5.95. The maximum Gasteiger partial charge on any atom is 0.119 e. The van der Waals surface area contributed by atoms with E-state index in [2.05, 4.69) is 19.2 Å². The number of aliphatic hydroxyl groups is 1. The predicted molar refractivity (Wildman–Crippen MR) is 84.0 cm³/mol. The first kappa shape index (κ1) is 16.1. The number of aliphatic hydroxyl groups excluding tert-OH is 1. The van der Waals surface area contributed by atoms with Gasteiger partial charge in [0, 0.05) is 12.0 Å². The topological polar surface area (TPSA) is 50.7 Å². The van der Waals surface area contributed by atoms with Gasteiger partial charge in [0.05, 0.1) is 13.2 Å². The highest BCUT2D eigenvalue weighted by molar-refractivity contribution is 5.31. The summed E-state index contributed by atoms with van der Waals surface area (Å²) in [5.41, 5.74) is -0.163. The summed E-state index contributed by atoms with van der Waals surface area (Å²) in [7, 11) is 0. The lowest BCUT2D eigenvalue weighted by molar-refractivity contribution is 0.142. The summed E-state index contributed by atoms with van der Waals surface area (Å²) in [5, 5.41) is 13.0. The molecule has 0 radical (unpaired) electrons. The highest BCUT2D eigenvalue weighted by Crippen LogP contribution is 2.32. The van der Waals surface area contributed by atoms with Crippen LogP contribution in [0.4, 0.5) is 0 Å². The van der Waals surface area contributed by atoms with Gasteiger partial charge in [-0.1, -0.05) is 13.8 Å². The molecule has 0 aliphatic heterocycles. The molecule has 2 atom stereocenters. The number of likely N-dealkylation sites (N-methyl/N-ethyl adjacent to an activating group) is 1. The summed E-state index contributed by atoms with van der Waals surface area (Å²) in [6.07, 6.45) is 3.96. The van der Waals surface area contributed by atoms with Gasteiger partial charge in [-0.05, 0) is 50.1 Å². The smallest absolute Gasteiger partial charge is 0.119 e. The molecule has 1 aliphatic rings. The highest BCUT2D eigenvalue weighted by atomic mass is 16.5. The molecule has 0 saturated heterocycles. The molecule has 21 heavy (non-hydrogen) atoms. The van der Waals surface area contributed by atoms with Crippen molar-refractivity contribution >= 4 is 0 Å². The Labute approximate surface area is 127 Å². The van der Waals surface area contributed by atoms with Gasteiger partial charge in [-0.3, -0.25) is 0 Å². The molecule has 2 unspecified atom stereocenters. The second kappa shape index (κ2) is 7.66. The first-order chi connectivity index (χ1) is 10.2. The van der Waals surface area contributed by atoms with Crippen LogP contribution in [0.5, 0.6) is 11.5 Å². The molecule has 1 saturated carbocycles. The lowest BCUT2D eigenvalue weighted by Crippen LogP contribution is -2.46. The molecule has 4 heteroatoms. The van der Waals surface area contributed by atoms with Gasteiger partial charge < -0.3 is 19.9 Å². The van der Waals surface area contributed by atoms with Crippen LogP contribution >= 0.6 is 0 Å². The van der Waals surface area contributed by atoms with E-state index in [4.69, 9.17) is 9.47 Å². The van der Waals surface area contributed by atoms with Crippen LogP contribution in [-0.4, -0.2) is 36.5 Å². The molecular formula is C17H27NO3. The minimum absolute atomic E-state index is 0.163. The van der Waals surface area contributed by atoms with Crippen molar-refractivity contribution in [2.45, 2.75) is 51.2 Å². The first-order valence-corrected chi connectivity index (χ1v) is 7.97. The Morgan fingerprint density at radius 3 is 2.57 bits per heavy atom. The summed E-state index contributed by atoms with van der Waals surface area (Å²) in [5.74, 6) is 1.75. The van der Waals surface area contributed by atoms with Crippen molar-refractivity contribution in [3.63, 3.8) is 0 Å². The molecule has 4 nitrogen and oxygen atoms in total. The highest BCUT2D eigenvalue weighted by Gasteiger charge is 2.39. The Bertz CT molecular complexity index is 421. The van der Waals surface area contributed by atoms with Gasteiger partial charge in [0.15, 0.2) is 0 Å². The number of ether oxygens (including phenoxy) is 2. The van der Waals surface area contributed by atoms with E-state index in [0.29, 0.717) is 0 Å². The van der Waals surface area contributed by atoms with Crippen LogP contribution in [0, 0.1) is 0 Å². The zero-order valence-electron chi connectivity index (χ0n) is 13.1. The van der Waals surface area contributed by atoms with Crippen molar-refractivity contribution in [2.75, 3.05) is 19.8 Å². The van der Waals surface area contributed by atoms with Crippen LogP contribution < -0.4 is 14.8 Å². The molecule has 0 bridgehead atoms. The molecule has 1 aromatic rings. The molecule has 0 spiro atoms. The molecule has 0 amide bonds. The minimum Gasteiger partial charge on any atom is -0.494 e. The van der Waals surface area contributed by atoms with Crippen LogP contribution in [0.2, 0.25) is 0 Å². The van der Waals surface area contributed by atoms with E-state index in [9.17, 15) is 5.11 Å². The summed E-state index contributed by atoms with van der Waals surface area (Å²) in [4.78, 5) is 0. The molecule has 1 aliphatic carbocycles. The second-order valence-electron chi connectivity index (χ2n) is 5.77. The van der Waals surface area contributed by atoms with E-state index in [1.165, 1.54) is 0 Å². The standard InChI is InChI=1S/C17H27NO3/c1-3-11-20-14-5-7-15(8-6-14)21-16-9-10-17(12-16,13-19)18-4-2/h5-8,16,18-19H,3-4,9-13H2,1-2H3. The number of hydrogen-bond acceptors (Lipinski definition) is 4. The fourth-order valence-electron chi connectivity index (χ4n) is 2.94. The SMILES string of the molecule is CCCOc1ccc(OC2CCC(CO)(NCC)C2)cc1.